The maximum Gasteiger partial charge on any atom is 0.243 e. The van der Waals surface area contributed by atoms with Gasteiger partial charge >= 0.3 is 0 Å². The number of benzene rings is 2. The molecule has 0 radical (unpaired) electrons. The van der Waals surface area contributed by atoms with Gasteiger partial charge in [0.2, 0.25) is 10.0 Å². The van der Waals surface area contributed by atoms with Gasteiger partial charge in [0.1, 0.15) is 5.75 Å². The molecule has 0 N–H and O–H groups in total. The fraction of sp³-hybridized carbons (Fsp3) is 0.316. The number of hydrogen-bond acceptors (Lipinski definition) is 6. The molecule has 0 aromatic heterocycles. The zero-order chi connectivity index (χ0) is 19.3. The SMILES string of the molecule is COc1ccc(SCC(=O)c2ccc(S(=O)(=O)N3CCOCC3)cc2)cc1. The summed E-state index contributed by atoms with van der Waals surface area (Å²) in [6.45, 7) is 1.50. The fourth-order valence-electron chi connectivity index (χ4n) is 2.65. The molecular weight excluding hydrogens is 386 g/mol. The van der Waals surface area contributed by atoms with Crippen molar-refractivity contribution in [2.24, 2.45) is 0 Å². The molecule has 2 aromatic rings. The lowest BCUT2D eigenvalue weighted by molar-refractivity contribution is 0.0730. The summed E-state index contributed by atoms with van der Waals surface area (Å²) in [6, 6.07) is 13.6. The molecule has 1 aliphatic heterocycles. The third kappa shape index (κ3) is 4.90. The first-order valence-electron chi connectivity index (χ1n) is 8.49. The predicted octanol–water partition coefficient (Wildman–Crippen LogP) is 2.69. The van der Waals surface area contributed by atoms with Crippen LogP contribution in [-0.4, -0.2) is 57.7 Å². The Bertz CT molecular complexity index is 873. The minimum atomic E-state index is -3.54. The van der Waals surface area contributed by atoms with Crippen molar-refractivity contribution in [3.8, 4) is 5.75 Å². The molecule has 3 rings (SSSR count). The van der Waals surface area contributed by atoms with Crippen LogP contribution >= 0.6 is 11.8 Å². The molecule has 0 saturated carbocycles. The number of nitrogens with zero attached hydrogens (tertiary/aromatic N) is 1. The van der Waals surface area contributed by atoms with E-state index in [0.29, 0.717) is 31.9 Å². The summed E-state index contributed by atoms with van der Waals surface area (Å²) >= 11 is 1.43. The maximum absolute atomic E-state index is 12.6. The lowest BCUT2D eigenvalue weighted by atomic mass is 10.1. The van der Waals surface area contributed by atoms with E-state index in [1.165, 1.54) is 28.2 Å². The monoisotopic (exact) mass is 407 g/mol. The molecule has 0 amide bonds. The van der Waals surface area contributed by atoms with E-state index in [0.717, 1.165) is 10.6 Å². The zero-order valence-corrected chi connectivity index (χ0v) is 16.6. The second-order valence-electron chi connectivity index (χ2n) is 5.93. The van der Waals surface area contributed by atoms with E-state index in [4.69, 9.17) is 9.47 Å². The number of carbonyl (C=O) groups is 1. The predicted molar refractivity (Wildman–Crippen MR) is 104 cm³/mol. The molecule has 144 valence electrons. The molecule has 0 aliphatic carbocycles. The van der Waals surface area contributed by atoms with E-state index in [2.05, 4.69) is 0 Å². The van der Waals surface area contributed by atoms with Crippen LogP contribution in [0.15, 0.2) is 58.3 Å². The van der Waals surface area contributed by atoms with Crippen molar-refractivity contribution in [2.75, 3.05) is 39.2 Å². The smallest absolute Gasteiger partial charge is 0.243 e. The van der Waals surface area contributed by atoms with Gasteiger partial charge in [-0.25, -0.2) is 8.42 Å². The minimum Gasteiger partial charge on any atom is -0.497 e. The number of Topliss-reactive ketones (excluding diaryl/α,β-unsaturated/α-hetero) is 1. The van der Waals surface area contributed by atoms with Gasteiger partial charge in [-0.2, -0.15) is 4.31 Å². The van der Waals surface area contributed by atoms with Crippen LogP contribution in [0.1, 0.15) is 10.4 Å². The molecule has 2 aromatic carbocycles. The molecular formula is C19H21NO5S2. The molecule has 8 heteroatoms. The van der Waals surface area contributed by atoms with Crippen LogP contribution in [0.2, 0.25) is 0 Å². The molecule has 1 aliphatic rings. The van der Waals surface area contributed by atoms with E-state index in [1.54, 1.807) is 19.2 Å². The van der Waals surface area contributed by atoms with Crippen molar-refractivity contribution in [1.82, 2.24) is 4.31 Å². The second-order valence-corrected chi connectivity index (χ2v) is 8.91. The summed E-state index contributed by atoms with van der Waals surface area (Å²) in [4.78, 5) is 13.5. The number of carbonyl (C=O) groups excluding carboxylic acids is 1. The Hall–Kier alpha value is -1.87. The Morgan fingerprint density at radius 1 is 1.07 bits per heavy atom. The Labute approximate surface area is 163 Å². The molecule has 6 nitrogen and oxygen atoms in total. The van der Waals surface area contributed by atoms with E-state index in [9.17, 15) is 13.2 Å². The van der Waals surface area contributed by atoms with Crippen LogP contribution in [-0.2, 0) is 14.8 Å². The van der Waals surface area contributed by atoms with Gasteiger partial charge in [0.15, 0.2) is 5.78 Å². The topological polar surface area (TPSA) is 72.9 Å². The quantitative estimate of drug-likeness (QED) is 0.519. The Morgan fingerprint density at radius 2 is 1.70 bits per heavy atom. The molecule has 0 atom stereocenters. The molecule has 0 unspecified atom stereocenters. The number of hydrogen-bond donors (Lipinski definition) is 0. The van der Waals surface area contributed by atoms with Crippen molar-refractivity contribution in [1.29, 1.82) is 0 Å². The number of ketones is 1. The van der Waals surface area contributed by atoms with E-state index < -0.39 is 10.0 Å². The van der Waals surface area contributed by atoms with Gasteiger partial charge in [0.25, 0.3) is 0 Å². The van der Waals surface area contributed by atoms with Crippen LogP contribution < -0.4 is 4.74 Å². The first kappa shape index (κ1) is 19.9. The highest BCUT2D eigenvalue weighted by Crippen LogP contribution is 2.23. The normalized spacial score (nSPS) is 15.4. The summed E-state index contributed by atoms with van der Waals surface area (Å²) in [5.41, 5.74) is 0.497. The number of sulfonamides is 1. The van der Waals surface area contributed by atoms with Crippen LogP contribution in [0, 0.1) is 0 Å². The molecule has 0 spiro atoms. The standard InChI is InChI=1S/C19H21NO5S2/c1-24-16-4-6-17(7-5-16)26-14-19(21)15-2-8-18(9-3-15)27(22,23)20-10-12-25-13-11-20/h2-9H,10-14H2,1H3. The van der Waals surface area contributed by atoms with E-state index in [1.807, 2.05) is 24.3 Å². The van der Waals surface area contributed by atoms with Gasteiger partial charge in [-0.15, -0.1) is 11.8 Å². The van der Waals surface area contributed by atoms with Crippen molar-refractivity contribution in [3.63, 3.8) is 0 Å². The average molecular weight is 408 g/mol. The number of rotatable bonds is 7. The Morgan fingerprint density at radius 3 is 2.30 bits per heavy atom. The van der Waals surface area contributed by atoms with Crippen LogP contribution in [0.25, 0.3) is 0 Å². The number of ether oxygens (including phenoxy) is 2. The lowest BCUT2D eigenvalue weighted by Gasteiger charge is -2.26. The van der Waals surface area contributed by atoms with Gasteiger partial charge in [-0.05, 0) is 36.4 Å². The molecule has 1 fully saturated rings. The third-order valence-corrected chi connectivity index (χ3v) is 7.14. The summed E-state index contributed by atoms with van der Waals surface area (Å²) in [5, 5.41) is 0. The minimum absolute atomic E-state index is 0.0499. The Kier molecular flexibility index (Phi) is 6.54. The molecule has 0 bridgehead atoms. The van der Waals surface area contributed by atoms with Crippen LogP contribution in [0.5, 0.6) is 5.75 Å². The van der Waals surface area contributed by atoms with Gasteiger partial charge < -0.3 is 9.47 Å². The number of thioether (sulfide) groups is 1. The van der Waals surface area contributed by atoms with Gasteiger partial charge in [0.05, 0.1) is 31.0 Å². The lowest BCUT2D eigenvalue weighted by Crippen LogP contribution is -2.40. The van der Waals surface area contributed by atoms with Crippen molar-refractivity contribution in [3.05, 3.63) is 54.1 Å². The molecule has 27 heavy (non-hydrogen) atoms. The highest BCUT2D eigenvalue weighted by molar-refractivity contribution is 8.00. The van der Waals surface area contributed by atoms with Crippen molar-refractivity contribution >= 4 is 27.6 Å². The summed E-state index contributed by atoms with van der Waals surface area (Å²) < 4.78 is 36.9. The largest absolute Gasteiger partial charge is 0.497 e. The number of methoxy groups -OCH3 is 1. The first-order chi connectivity index (χ1) is 13.0. The van der Waals surface area contributed by atoms with Crippen molar-refractivity contribution in [2.45, 2.75) is 9.79 Å². The summed E-state index contributed by atoms with van der Waals surface area (Å²) in [6.07, 6.45) is 0. The van der Waals surface area contributed by atoms with Crippen LogP contribution in [0.3, 0.4) is 0 Å². The average Bonchev–Trinajstić information content (AvgIpc) is 2.73. The van der Waals surface area contributed by atoms with E-state index >= 15 is 0 Å². The zero-order valence-electron chi connectivity index (χ0n) is 15.0. The maximum atomic E-state index is 12.6. The fourth-order valence-corrected chi connectivity index (χ4v) is 4.85. The third-order valence-electron chi connectivity index (χ3n) is 4.21. The highest BCUT2D eigenvalue weighted by Gasteiger charge is 2.26. The first-order valence-corrected chi connectivity index (χ1v) is 10.9. The van der Waals surface area contributed by atoms with E-state index in [-0.39, 0.29) is 16.4 Å². The summed E-state index contributed by atoms with van der Waals surface area (Å²) in [5.74, 6) is 0.996. The van der Waals surface area contributed by atoms with Gasteiger partial charge in [-0.1, -0.05) is 12.1 Å². The van der Waals surface area contributed by atoms with Crippen LogP contribution in [0.4, 0.5) is 0 Å². The van der Waals surface area contributed by atoms with Gasteiger partial charge in [-0.3, -0.25) is 4.79 Å². The highest BCUT2D eigenvalue weighted by atomic mass is 32.2. The number of morpholine rings is 1. The van der Waals surface area contributed by atoms with Crippen molar-refractivity contribution < 1.29 is 22.7 Å². The molecule has 1 heterocycles. The molecule has 1 saturated heterocycles. The second kappa shape index (κ2) is 8.88. The Balaban J connectivity index is 1.62. The van der Waals surface area contributed by atoms with Gasteiger partial charge in [0, 0.05) is 23.5 Å². The summed E-state index contributed by atoms with van der Waals surface area (Å²) in [7, 11) is -1.94.